The summed E-state index contributed by atoms with van der Waals surface area (Å²) >= 11 is 0. The van der Waals surface area contributed by atoms with Crippen molar-refractivity contribution in [2.45, 2.75) is 11.5 Å². The average Bonchev–Trinajstić information content (AvgIpc) is 2.66. The summed E-state index contributed by atoms with van der Waals surface area (Å²) in [5, 5.41) is 0.0466. The van der Waals surface area contributed by atoms with Gasteiger partial charge in [-0.3, -0.25) is 0 Å². The van der Waals surface area contributed by atoms with E-state index in [-0.39, 0.29) is 5.09 Å². The lowest BCUT2D eigenvalue weighted by atomic mass is 10.4. The van der Waals surface area contributed by atoms with Crippen molar-refractivity contribution in [3.63, 3.8) is 0 Å². The van der Waals surface area contributed by atoms with Gasteiger partial charge in [-0.15, -0.1) is 0 Å². The SMILES string of the molecule is CS(=O)(=O)c1ccc(C2=CC2)o1. The highest BCUT2D eigenvalue weighted by atomic mass is 32.2. The second-order valence-electron chi connectivity index (χ2n) is 2.82. The van der Waals surface area contributed by atoms with E-state index in [1.807, 2.05) is 6.08 Å². The van der Waals surface area contributed by atoms with Gasteiger partial charge in [0.05, 0.1) is 0 Å². The van der Waals surface area contributed by atoms with Crippen LogP contribution < -0.4 is 0 Å². The fourth-order valence-electron chi connectivity index (χ4n) is 0.944. The number of allylic oxidation sites excluding steroid dienone is 2. The lowest BCUT2D eigenvalue weighted by Crippen LogP contribution is -1.93. The summed E-state index contributed by atoms with van der Waals surface area (Å²) in [6, 6.07) is 3.18. The standard InChI is InChI=1S/C8H8O3S/c1-12(9,10)8-5-4-7(11-8)6-2-3-6/h2,4-5H,3H2,1H3. The van der Waals surface area contributed by atoms with Gasteiger partial charge in [-0.05, 0) is 24.1 Å². The van der Waals surface area contributed by atoms with Gasteiger partial charge < -0.3 is 4.42 Å². The van der Waals surface area contributed by atoms with Crippen molar-refractivity contribution in [2.75, 3.05) is 6.26 Å². The van der Waals surface area contributed by atoms with Crippen LogP contribution in [0.25, 0.3) is 5.57 Å². The molecule has 0 atom stereocenters. The quantitative estimate of drug-likeness (QED) is 0.699. The molecule has 64 valence electrons. The van der Waals surface area contributed by atoms with Crippen LogP contribution in [0.5, 0.6) is 0 Å². The van der Waals surface area contributed by atoms with Gasteiger partial charge in [0, 0.05) is 6.26 Å². The van der Waals surface area contributed by atoms with Crippen molar-refractivity contribution >= 4 is 15.4 Å². The van der Waals surface area contributed by atoms with E-state index < -0.39 is 9.84 Å². The summed E-state index contributed by atoms with van der Waals surface area (Å²) in [6.45, 7) is 0. The fourth-order valence-corrected chi connectivity index (χ4v) is 1.50. The maximum atomic E-state index is 11.0. The van der Waals surface area contributed by atoms with Crippen molar-refractivity contribution in [1.82, 2.24) is 0 Å². The molecular weight excluding hydrogens is 176 g/mol. The second kappa shape index (κ2) is 2.23. The first-order chi connectivity index (χ1) is 5.57. The van der Waals surface area contributed by atoms with Crippen molar-refractivity contribution in [3.8, 4) is 0 Å². The van der Waals surface area contributed by atoms with Crippen molar-refractivity contribution in [2.24, 2.45) is 0 Å². The lowest BCUT2D eigenvalue weighted by molar-refractivity contribution is 0.443. The van der Waals surface area contributed by atoms with Gasteiger partial charge in [-0.2, -0.15) is 0 Å². The Balaban J connectivity index is 2.42. The molecule has 12 heavy (non-hydrogen) atoms. The molecule has 0 N–H and O–H groups in total. The highest BCUT2D eigenvalue weighted by molar-refractivity contribution is 7.90. The van der Waals surface area contributed by atoms with Crippen LogP contribution in [0.4, 0.5) is 0 Å². The van der Waals surface area contributed by atoms with E-state index in [1.165, 1.54) is 6.07 Å². The molecule has 1 aliphatic rings. The smallest absolute Gasteiger partial charge is 0.218 e. The first-order valence-corrected chi connectivity index (χ1v) is 5.46. The maximum Gasteiger partial charge on any atom is 0.218 e. The predicted octanol–water partition coefficient (Wildman–Crippen LogP) is 1.47. The fraction of sp³-hybridized carbons (Fsp3) is 0.250. The van der Waals surface area contributed by atoms with E-state index in [9.17, 15) is 8.42 Å². The van der Waals surface area contributed by atoms with Crippen molar-refractivity contribution < 1.29 is 12.8 Å². The van der Waals surface area contributed by atoms with Gasteiger partial charge in [-0.1, -0.05) is 6.08 Å². The Hall–Kier alpha value is -1.03. The van der Waals surface area contributed by atoms with Gasteiger partial charge in [0.25, 0.3) is 0 Å². The molecule has 0 saturated carbocycles. The highest BCUT2D eigenvalue weighted by Crippen LogP contribution is 2.32. The van der Waals surface area contributed by atoms with Crippen LogP contribution in [0.3, 0.4) is 0 Å². The molecule has 1 aliphatic carbocycles. The van der Waals surface area contributed by atoms with E-state index in [0.29, 0.717) is 5.76 Å². The minimum atomic E-state index is -3.18. The summed E-state index contributed by atoms with van der Waals surface area (Å²) in [4.78, 5) is 0. The molecule has 0 radical (unpaired) electrons. The zero-order valence-corrected chi connectivity index (χ0v) is 7.39. The number of rotatable bonds is 2. The first-order valence-electron chi connectivity index (χ1n) is 3.57. The molecule has 3 nitrogen and oxygen atoms in total. The molecule has 1 aromatic heterocycles. The molecule has 0 aromatic carbocycles. The number of hydrogen-bond acceptors (Lipinski definition) is 3. The first kappa shape index (κ1) is 7.61. The summed E-state index contributed by atoms with van der Waals surface area (Å²) in [5.74, 6) is 0.676. The third-order valence-electron chi connectivity index (χ3n) is 1.67. The minimum absolute atomic E-state index is 0.0466. The molecule has 0 aliphatic heterocycles. The zero-order chi connectivity index (χ0) is 8.77. The van der Waals surface area contributed by atoms with Gasteiger partial charge in [0.2, 0.25) is 14.9 Å². The lowest BCUT2D eigenvalue weighted by Gasteiger charge is -1.89. The Morgan fingerprint density at radius 2 is 2.08 bits per heavy atom. The molecular formula is C8H8O3S. The van der Waals surface area contributed by atoms with E-state index in [1.54, 1.807) is 6.07 Å². The second-order valence-corrected chi connectivity index (χ2v) is 4.77. The molecule has 4 heteroatoms. The van der Waals surface area contributed by atoms with E-state index in [0.717, 1.165) is 18.2 Å². The van der Waals surface area contributed by atoms with Gasteiger partial charge >= 0.3 is 0 Å². The summed E-state index contributed by atoms with van der Waals surface area (Å²) in [5.41, 5.74) is 1.09. The molecule has 0 saturated heterocycles. The normalized spacial score (nSPS) is 15.9. The van der Waals surface area contributed by atoms with Crippen LogP contribution in [-0.2, 0) is 9.84 Å². The third kappa shape index (κ3) is 1.30. The monoisotopic (exact) mass is 184 g/mol. The Morgan fingerprint density at radius 3 is 2.50 bits per heavy atom. The molecule has 0 bridgehead atoms. The summed E-state index contributed by atoms with van der Waals surface area (Å²) in [6.07, 6.45) is 4.04. The molecule has 0 spiro atoms. The molecule has 0 fully saturated rings. The Bertz CT molecular complexity index is 437. The topological polar surface area (TPSA) is 47.3 Å². The zero-order valence-electron chi connectivity index (χ0n) is 6.57. The largest absolute Gasteiger partial charge is 0.445 e. The van der Waals surface area contributed by atoms with E-state index in [4.69, 9.17) is 4.42 Å². The number of furan rings is 1. The van der Waals surface area contributed by atoms with Crippen LogP contribution in [0.15, 0.2) is 27.7 Å². The van der Waals surface area contributed by atoms with E-state index in [2.05, 4.69) is 0 Å². The Labute approximate surface area is 70.6 Å². The molecule has 1 aromatic rings. The summed E-state index contributed by atoms with van der Waals surface area (Å²) in [7, 11) is -3.18. The molecule has 1 heterocycles. The molecule has 2 rings (SSSR count). The average molecular weight is 184 g/mol. The van der Waals surface area contributed by atoms with Crippen LogP contribution in [0, 0.1) is 0 Å². The maximum absolute atomic E-state index is 11.0. The van der Waals surface area contributed by atoms with Crippen LogP contribution in [-0.4, -0.2) is 14.7 Å². The van der Waals surface area contributed by atoms with Crippen LogP contribution >= 0.6 is 0 Å². The molecule has 0 unspecified atom stereocenters. The van der Waals surface area contributed by atoms with Gasteiger partial charge in [0.15, 0.2) is 0 Å². The predicted molar refractivity (Wildman–Crippen MR) is 44.4 cm³/mol. The minimum Gasteiger partial charge on any atom is -0.445 e. The van der Waals surface area contributed by atoms with Gasteiger partial charge in [-0.25, -0.2) is 8.42 Å². The van der Waals surface area contributed by atoms with Crippen LogP contribution in [0.2, 0.25) is 0 Å². The van der Waals surface area contributed by atoms with Crippen molar-refractivity contribution in [3.05, 3.63) is 24.0 Å². The Morgan fingerprint density at radius 1 is 1.42 bits per heavy atom. The highest BCUT2D eigenvalue weighted by Gasteiger charge is 2.18. The van der Waals surface area contributed by atoms with Crippen molar-refractivity contribution in [1.29, 1.82) is 0 Å². The molecule has 0 amide bonds. The third-order valence-corrected chi connectivity index (χ3v) is 2.62. The number of hydrogen-bond donors (Lipinski definition) is 0. The van der Waals surface area contributed by atoms with Gasteiger partial charge in [0.1, 0.15) is 5.76 Å². The van der Waals surface area contributed by atoms with Crippen LogP contribution in [0.1, 0.15) is 12.2 Å². The Kier molecular flexibility index (Phi) is 1.41. The number of sulfone groups is 1. The summed E-state index contributed by atoms with van der Waals surface area (Å²) < 4.78 is 27.1. The van der Waals surface area contributed by atoms with E-state index >= 15 is 0 Å².